The smallest absolute Gasteiger partial charge is 0.322 e. The minimum atomic E-state index is -3.97. The number of hydrogen-bond acceptors (Lipinski definition) is 4. The average Bonchev–Trinajstić information content (AvgIpc) is 2.56. The first kappa shape index (κ1) is 18.3. The van der Waals surface area contributed by atoms with Crippen molar-refractivity contribution in [3.63, 3.8) is 0 Å². The van der Waals surface area contributed by atoms with Crippen molar-refractivity contribution in [3.8, 4) is 5.75 Å². The molecule has 6 nitrogen and oxygen atoms in total. The molecule has 1 atom stereocenters. The highest BCUT2D eigenvalue weighted by atomic mass is 35.5. The van der Waals surface area contributed by atoms with Crippen LogP contribution in [0.25, 0.3) is 0 Å². The van der Waals surface area contributed by atoms with Gasteiger partial charge in [-0.2, -0.15) is 4.72 Å². The van der Waals surface area contributed by atoms with Gasteiger partial charge < -0.3 is 9.84 Å². The lowest BCUT2D eigenvalue weighted by atomic mass is 10.1. The molecule has 0 saturated carbocycles. The van der Waals surface area contributed by atoms with Crippen LogP contribution in [-0.4, -0.2) is 32.6 Å². The fourth-order valence-electron chi connectivity index (χ4n) is 2.05. The Morgan fingerprint density at radius 3 is 2.25 bits per heavy atom. The monoisotopic (exact) mass is 369 g/mol. The van der Waals surface area contributed by atoms with Gasteiger partial charge in [0.25, 0.3) is 0 Å². The molecule has 0 aromatic heterocycles. The predicted octanol–water partition coefficient (Wildman–Crippen LogP) is 2.32. The Labute approximate surface area is 145 Å². The number of rotatable bonds is 7. The highest BCUT2D eigenvalue weighted by Crippen LogP contribution is 2.17. The summed E-state index contributed by atoms with van der Waals surface area (Å²) in [4.78, 5) is 11.4. The quantitative estimate of drug-likeness (QED) is 0.781. The summed E-state index contributed by atoms with van der Waals surface area (Å²) < 4.78 is 31.9. The van der Waals surface area contributed by atoms with E-state index in [1.54, 1.807) is 24.3 Å². The number of methoxy groups -OCH3 is 1. The Morgan fingerprint density at radius 1 is 1.17 bits per heavy atom. The van der Waals surface area contributed by atoms with Gasteiger partial charge in [-0.05, 0) is 48.4 Å². The Hall–Kier alpha value is -2.09. The van der Waals surface area contributed by atoms with Crippen LogP contribution in [0, 0.1) is 0 Å². The molecule has 0 aliphatic heterocycles. The van der Waals surface area contributed by atoms with Crippen LogP contribution in [0.15, 0.2) is 53.4 Å². The maximum absolute atomic E-state index is 12.4. The van der Waals surface area contributed by atoms with Crippen LogP contribution < -0.4 is 9.46 Å². The third-order valence-corrected chi connectivity index (χ3v) is 5.06. The largest absolute Gasteiger partial charge is 0.497 e. The van der Waals surface area contributed by atoms with E-state index in [4.69, 9.17) is 16.3 Å². The van der Waals surface area contributed by atoms with Crippen molar-refractivity contribution >= 4 is 27.6 Å². The van der Waals surface area contributed by atoms with Gasteiger partial charge in [0.15, 0.2) is 0 Å². The molecule has 128 valence electrons. The van der Waals surface area contributed by atoms with E-state index in [1.165, 1.54) is 31.4 Å². The van der Waals surface area contributed by atoms with Gasteiger partial charge in [-0.3, -0.25) is 4.79 Å². The molecule has 2 aromatic carbocycles. The Kier molecular flexibility index (Phi) is 5.82. The second-order valence-electron chi connectivity index (χ2n) is 5.02. The lowest BCUT2D eigenvalue weighted by Gasteiger charge is -2.15. The zero-order valence-electron chi connectivity index (χ0n) is 12.8. The normalized spacial score (nSPS) is 12.6. The van der Waals surface area contributed by atoms with E-state index in [0.29, 0.717) is 16.3 Å². The Balaban J connectivity index is 2.19. The van der Waals surface area contributed by atoms with E-state index < -0.39 is 22.0 Å². The van der Waals surface area contributed by atoms with Gasteiger partial charge in [-0.25, -0.2) is 8.42 Å². The third-order valence-electron chi connectivity index (χ3n) is 3.32. The van der Waals surface area contributed by atoms with Crippen LogP contribution in [0.5, 0.6) is 5.75 Å². The first-order chi connectivity index (χ1) is 11.3. The zero-order chi connectivity index (χ0) is 17.7. The predicted molar refractivity (Wildman–Crippen MR) is 89.9 cm³/mol. The molecule has 0 aliphatic carbocycles. The summed E-state index contributed by atoms with van der Waals surface area (Å²) in [6.07, 6.45) is 0.00187. The molecule has 2 rings (SSSR count). The molecule has 1 unspecified atom stereocenters. The minimum absolute atomic E-state index is 0.00187. The summed E-state index contributed by atoms with van der Waals surface area (Å²) in [6, 6.07) is 10.9. The molecule has 0 radical (unpaired) electrons. The molecule has 8 heteroatoms. The van der Waals surface area contributed by atoms with Gasteiger partial charge in [0.2, 0.25) is 10.0 Å². The van der Waals surface area contributed by atoms with E-state index in [1.807, 2.05) is 0 Å². The van der Waals surface area contributed by atoms with E-state index in [9.17, 15) is 18.3 Å². The fourth-order valence-corrected chi connectivity index (χ4v) is 3.36. The molecule has 0 spiro atoms. The standard InChI is InChI=1S/C16H16ClNO5S/c1-23-13-6-8-14(9-7-13)24(21,22)18-15(16(19)20)10-11-2-4-12(17)5-3-11/h2-9,15,18H,10H2,1H3,(H,19,20). The fraction of sp³-hybridized carbons (Fsp3) is 0.188. The number of nitrogens with one attached hydrogen (secondary N) is 1. The maximum Gasteiger partial charge on any atom is 0.322 e. The van der Waals surface area contributed by atoms with Gasteiger partial charge >= 0.3 is 5.97 Å². The van der Waals surface area contributed by atoms with Crippen LogP contribution >= 0.6 is 11.6 Å². The molecular formula is C16H16ClNO5S. The molecule has 0 bridgehead atoms. The molecule has 0 fully saturated rings. The number of aliphatic carboxylic acids is 1. The van der Waals surface area contributed by atoms with E-state index in [0.717, 1.165) is 0 Å². The van der Waals surface area contributed by atoms with Gasteiger partial charge in [-0.1, -0.05) is 23.7 Å². The number of benzene rings is 2. The lowest BCUT2D eigenvalue weighted by Crippen LogP contribution is -2.42. The van der Waals surface area contributed by atoms with Crippen molar-refractivity contribution in [3.05, 3.63) is 59.1 Å². The van der Waals surface area contributed by atoms with Crippen LogP contribution in [0.4, 0.5) is 0 Å². The lowest BCUT2D eigenvalue weighted by molar-refractivity contribution is -0.138. The molecule has 0 heterocycles. The van der Waals surface area contributed by atoms with Crippen LogP contribution in [-0.2, 0) is 21.2 Å². The molecular weight excluding hydrogens is 354 g/mol. The number of halogens is 1. The molecule has 0 aliphatic rings. The number of hydrogen-bond donors (Lipinski definition) is 2. The Morgan fingerprint density at radius 2 is 1.75 bits per heavy atom. The highest BCUT2D eigenvalue weighted by Gasteiger charge is 2.25. The molecule has 2 aromatic rings. The SMILES string of the molecule is COc1ccc(S(=O)(=O)NC(Cc2ccc(Cl)cc2)C(=O)O)cc1. The van der Waals surface area contributed by atoms with E-state index in [-0.39, 0.29) is 11.3 Å². The van der Waals surface area contributed by atoms with Crippen molar-refractivity contribution in [2.24, 2.45) is 0 Å². The maximum atomic E-state index is 12.4. The van der Waals surface area contributed by atoms with Crippen molar-refractivity contribution in [2.75, 3.05) is 7.11 Å². The molecule has 0 saturated heterocycles. The van der Waals surface area contributed by atoms with Gasteiger partial charge in [0.05, 0.1) is 12.0 Å². The van der Waals surface area contributed by atoms with Crippen molar-refractivity contribution in [2.45, 2.75) is 17.4 Å². The van der Waals surface area contributed by atoms with Crippen LogP contribution in [0.2, 0.25) is 5.02 Å². The second kappa shape index (κ2) is 7.65. The van der Waals surface area contributed by atoms with Crippen molar-refractivity contribution in [1.82, 2.24) is 4.72 Å². The molecule has 24 heavy (non-hydrogen) atoms. The number of carboxylic acids is 1. The van der Waals surface area contributed by atoms with Gasteiger partial charge in [0.1, 0.15) is 11.8 Å². The first-order valence-corrected chi connectivity index (χ1v) is 8.81. The molecule has 2 N–H and O–H groups in total. The topological polar surface area (TPSA) is 92.7 Å². The Bertz CT molecular complexity index is 803. The summed E-state index contributed by atoms with van der Waals surface area (Å²) in [5, 5.41) is 9.83. The van der Waals surface area contributed by atoms with Gasteiger partial charge in [-0.15, -0.1) is 0 Å². The van der Waals surface area contributed by atoms with Crippen LogP contribution in [0.1, 0.15) is 5.56 Å². The molecule has 0 amide bonds. The summed E-state index contributed by atoms with van der Waals surface area (Å²) >= 11 is 5.78. The number of carboxylic acid groups (broad SMARTS) is 1. The number of carbonyl (C=O) groups is 1. The highest BCUT2D eigenvalue weighted by molar-refractivity contribution is 7.89. The zero-order valence-corrected chi connectivity index (χ0v) is 14.3. The summed E-state index contributed by atoms with van der Waals surface area (Å²) in [5.41, 5.74) is 0.657. The summed E-state index contributed by atoms with van der Waals surface area (Å²) in [6.45, 7) is 0. The van der Waals surface area contributed by atoms with Gasteiger partial charge in [0, 0.05) is 5.02 Å². The van der Waals surface area contributed by atoms with E-state index >= 15 is 0 Å². The third kappa shape index (κ3) is 4.70. The van der Waals surface area contributed by atoms with Crippen molar-refractivity contribution in [1.29, 1.82) is 0 Å². The van der Waals surface area contributed by atoms with Crippen LogP contribution in [0.3, 0.4) is 0 Å². The minimum Gasteiger partial charge on any atom is -0.497 e. The number of sulfonamides is 1. The summed E-state index contributed by atoms with van der Waals surface area (Å²) in [5.74, 6) is -0.757. The average molecular weight is 370 g/mol. The second-order valence-corrected chi connectivity index (χ2v) is 7.17. The van der Waals surface area contributed by atoms with Crippen molar-refractivity contribution < 1.29 is 23.1 Å². The summed E-state index contributed by atoms with van der Waals surface area (Å²) in [7, 11) is -2.50. The number of ether oxygens (including phenoxy) is 1. The van der Waals surface area contributed by atoms with E-state index in [2.05, 4.69) is 4.72 Å². The first-order valence-electron chi connectivity index (χ1n) is 6.95.